The molecule has 20 heavy (non-hydrogen) atoms. The lowest BCUT2D eigenvalue weighted by Crippen LogP contribution is -2.60. The summed E-state index contributed by atoms with van der Waals surface area (Å²) in [6.45, 7) is 10.7. The summed E-state index contributed by atoms with van der Waals surface area (Å²) in [5.41, 5.74) is 1.31. The Balaban J connectivity index is 2.00. The minimum atomic E-state index is 0.0638. The van der Waals surface area contributed by atoms with E-state index in [1.165, 1.54) is 18.5 Å². The highest BCUT2D eigenvalue weighted by Crippen LogP contribution is 2.22. The number of likely N-dealkylation sites (N-methyl/N-ethyl adjacent to an activating group) is 1. The number of hydrogen-bond acceptors (Lipinski definition) is 3. The Bertz CT molecular complexity index is 376. The third-order valence-electron chi connectivity index (χ3n) is 4.53. The fourth-order valence-electron chi connectivity index (χ4n) is 3.17. The number of amides is 1. The molecule has 2 rings (SSSR count). The van der Waals surface area contributed by atoms with Gasteiger partial charge in [0.05, 0.1) is 6.54 Å². The average molecular weight is 279 g/mol. The van der Waals surface area contributed by atoms with Crippen LogP contribution in [0.25, 0.3) is 0 Å². The molecular formula is C16H29N3O. The topological polar surface area (TPSA) is 35.6 Å². The molecule has 4 heteroatoms. The first-order chi connectivity index (χ1) is 9.54. The maximum Gasteiger partial charge on any atom is 0.240 e. The van der Waals surface area contributed by atoms with E-state index < -0.39 is 0 Å². The van der Waals surface area contributed by atoms with Gasteiger partial charge in [-0.1, -0.05) is 6.08 Å². The first-order valence-corrected chi connectivity index (χ1v) is 8.00. The molecule has 114 valence electrons. The summed E-state index contributed by atoms with van der Waals surface area (Å²) in [6, 6.07) is 0. The highest BCUT2D eigenvalue weighted by molar-refractivity contribution is 5.80. The summed E-state index contributed by atoms with van der Waals surface area (Å²) in [7, 11) is 0. The SMILES string of the molecule is CCN(C(=O)CN1CCNCC1(C)C)C1=CCCCC1. The zero-order chi connectivity index (χ0) is 14.6. The van der Waals surface area contributed by atoms with Crippen molar-refractivity contribution in [3.63, 3.8) is 0 Å². The van der Waals surface area contributed by atoms with E-state index in [9.17, 15) is 4.79 Å². The molecule has 0 aromatic rings. The second-order valence-corrected chi connectivity index (χ2v) is 6.49. The third-order valence-corrected chi connectivity index (χ3v) is 4.53. The second-order valence-electron chi connectivity index (χ2n) is 6.49. The van der Waals surface area contributed by atoms with Crippen LogP contribution in [0.3, 0.4) is 0 Å². The van der Waals surface area contributed by atoms with Crippen LogP contribution in [-0.2, 0) is 4.79 Å². The van der Waals surface area contributed by atoms with Gasteiger partial charge >= 0.3 is 0 Å². The quantitative estimate of drug-likeness (QED) is 0.855. The van der Waals surface area contributed by atoms with Crippen LogP contribution in [0.4, 0.5) is 0 Å². The molecule has 2 aliphatic rings. The largest absolute Gasteiger partial charge is 0.316 e. The molecule has 0 aromatic carbocycles. The maximum absolute atomic E-state index is 12.7. The Morgan fingerprint density at radius 1 is 1.45 bits per heavy atom. The molecule has 0 spiro atoms. The molecule has 0 saturated carbocycles. The smallest absolute Gasteiger partial charge is 0.240 e. The second kappa shape index (κ2) is 6.72. The van der Waals surface area contributed by atoms with Crippen LogP contribution in [0.15, 0.2) is 11.8 Å². The van der Waals surface area contributed by atoms with E-state index in [0.717, 1.165) is 39.0 Å². The molecule has 0 radical (unpaired) electrons. The third kappa shape index (κ3) is 3.61. The Morgan fingerprint density at radius 2 is 2.25 bits per heavy atom. The zero-order valence-electron chi connectivity index (χ0n) is 13.2. The number of allylic oxidation sites excluding steroid dienone is 2. The summed E-state index contributed by atoms with van der Waals surface area (Å²) in [4.78, 5) is 17.0. The Kier molecular flexibility index (Phi) is 5.22. The van der Waals surface area contributed by atoms with E-state index in [4.69, 9.17) is 0 Å². The van der Waals surface area contributed by atoms with E-state index in [0.29, 0.717) is 6.54 Å². The number of piperazine rings is 1. The van der Waals surface area contributed by atoms with E-state index in [1.54, 1.807) is 0 Å². The van der Waals surface area contributed by atoms with Crippen molar-refractivity contribution in [2.75, 3.05) is 32.7 Å². The molecule has 1 fully saturated rings. The Labute approximate surface area is 123 Å². The van der Waals surface area contributed by atoms with Gasteiger partial charge in [-0.3, -0.25) is 9.69 Å². The first-order valence-electron chi connectivity index (χ1n) is 8.00. The lowest BCUT2D eigenvalue weighted by atomic mass is 10.00. The number of rotatable bonds is 4. The molecule has 1 aliphatic carbocycles. The summed E-state index contributed by atoms with van der Waals surface area (Å²) < 4.78 is 0. The minimum absolute atomic E-state index is 0.0638. The van der Waals surface area contributed by atoms with Gasteiger partial charge in [0.1, 0.15) is 0 Å². The molecule has 1 N–H and O–H groups in total. The molecule has 1 saturated heterocycles. The van der Waals surface area contributed by atoms with Crippen molar-refractivity contribution in [3.05, 3.63) is 11.8 Å². The van der Waals surface area contributed by atoms with Gasteiger partial charge in [-0.05, 0) is 46.5 Å². The minimum Gasteiger partial charge on any atom is -0.316 e. The summed E-state index contributed by atoms with van der Waals surface area (Å²) >= 11 is 0. The standard InChI is InChI=1S/C16H29N3O/c1-4-19(14-8-6-5-7-9-14)15(20)12-18-11-10-17-13-16(18,2)3/h8,17H,4-7,9-13H2,1-3H3. The van der Waals surface area contributed by atoms with Gasteiger partial charge < -0.3 is 10.2 Å². The molecule has 4 nitrogen and oxygen atoms in total. The molecule has 1 amide bonds. The van der Waals surface area contributed by atoms with Crippen molar-refractivity contribution in [1.82, 2.24) is 15.1 Å². The highest BCUT2D eigenvalue weighted by Gasteiger charge is 2.32. The van der Waals surface area contributed by atoms with Crippen molar-refractivity contribution in [2.24, 2.45) is 0 Å². The molecule has 1 heterocycles. The average Bonchev–Trinajstić information content (AvgIpc) is 2.43. The molecule has 1 aliphatic heterocycles. The van der Waals surface area contributed by atoms with Gasteiger partial charge in [-0.15, -0.1) is 0 Å². The first kappa shape index (κ1) is 15.5. The van der Waals surface area contributed by atoms with Crippen LogP contribution >= 0.6 is 0 Å². The van der Waals surface area contributed by atoms with Crippen molar-refractivity contribution in [2.45, 2.75) is 52.0 Å². The van der Waals surface area contributed by atoms with E-state index in [-0.39, 0.29) is 11.4 Å². The summed E-state index contributed by atoms with van der Waals surface area (Å²) in [5, 5.41) is 3.41. The number of carbonyl (C=O) groups is 1. The van der Waals surface area contributed by atoms with Crippen LogP contribution in [0.1, 0.15) is 46.5 Å². The van der Waals surface area contributed by atoms with Gasteiger partial charge in [-0.25, -0.2) is 0 Å². The van der Waals surface area contributed by atoms with Crippen LogP contribution < -0.4 is 5.32 Å². The molecule has 0 aromatic heterocycles. The van der Waals surface area contributed by atoms with Crippen LogP contribution in [0.2, 0.25) is 0 Å². The maximum atomic E-state index is 12.7. The van der Waals surface area contributed by atoms with Gasteiger partial charge in [0, 0.05) is 37.4 Å². The monoisotopic (exact) mass is 279 g/mol. The Hall–Kier alpha value is -0.870. The van der Waals surface area contributed by atoms with E-state index >= 15 is 0 Å². The lowest BCUT2D eigenvalue weighted by molar-refractivity contribution is -0.132. The van der Waals surface area contributed by atoms with Gasteiger partial charge in [0.25, 0.3) is 0 Å². The normalized spacial score (nSPS) is 23.2. The fraction of sp³-hybridized carbons (Fsp3) is 0.812. The predicted octanol–water partition coefficient (Wildman–Crippen LogP) is 1.98. The lowest BCUT2D eigenvalue weighted by Gasteiger charge is -2.43. The van der Waals surface area contributed by atoms with Gasteiger partial charge in [0.15, 0.2) is 0 Å². The number of nitrogens with zero attached hydrogens (tertiary/aromatic N) is 2. The molecule has 0 bridgehead atoms. The van der Waals surface area contributed by atoms with Crippen molar-refractivity contribution < 1.29 is 4.79 Å². The number of nitrogens with one attached hydrogen (secondary N) is 1. The summed E-state index contributed by atoms with van der Waals surface area (Å²) in [5.74, 6) is 0.260. The van der Waals surface area contributed by atoms with Gasteiger partial charge in [0.2, 0.25) is 5.91 Å². The molecular weight excluding hydrogens is 250 g/mol. The number of carbonyl (C=O) groups excluding carboxylic acids is 1. The van der Waals surface area contributed by atoms with Crippen molar-refractivity contribution in [1.29, 1.82) is 0 Å². The zero-order valence-corrected chi connectivity index (χ0v) is 13.2. The van der Waals surface area contributed by atoms with Gasteiger partial charge in [-0.2, -0.15) is 0 Å². The van der Waals surface area contributed by atoms with Crippen molar-refractivity contribution >= 4 is 5.91 Å². The van der Waals surface area contributed by atoms with Crippen LogP contribution in [0, 0.1) is 0 Å². The van der Waals surface area contributed by atoms with Crippen molar-refractivity contribution in [3.8, 4) is 0 Å². The van der Waals surface area contributed by atoms with Crippen LogP contribution in [0.5, 0.6) is 0 Å². The predicted molar refractivity (Wildman–Crippen MR) is 82.5 cm³/mol. The fourth-order valence-corrected chi connectivity index (χ4v) is 3.17. The Morgan fingerprint density at radius 3 is 2.85 bits per heavy atom. The summed E-state index contributed by atoms with van der Waals surface area (Å²) in [6.07, 6.45) is 6.92. The van der Waals surface area contributed by atoms with Crippen LogP contribution in [-0.4, -0.2) is 54.0 Å². The van der Waals surface area contributed by atoms with E-state index in [2.05, 4.69) is 37.1 Å². The number of hydrogen-bond donors (Lipinski definition) is 1. The molecule has 0 atom stereocenters. The highest BCUT2D eigenvalue weighted by atomic mass is 16.2. The van der Waals surface area contributed by atoms with E-state index in [1.807, 2.05) is 4.90 Å². The molecule has 0 unspecified atom stereocenters.